The average molecular weight is 537 g/mol. The second-order valence-corrected chi connectivity index (χ2v) is 8.38. The summed E-state index contributed by atoms with van der Waals surface area (Å²) in [6, 6.07) is 26.0. The van der Waals surface area contributed by atoms with E-state index >= 15 is 0 Å². The largest absolute Gasteiger partial charge is 0.478 e. The van der Waals surface area contributed by atoms with Gasteiger partial charge in [-0.15, -0.1) is 0 Å². The summed E-state index contributed by atoms with van der Waals surface area (Å²) in [5, 5.41) is 35.2. The van der Waals surface area contributed by atoms with Gasteiger partial charge in [0.15, 0.2) is 0 Å². The van der Waals surface area contributed by atoms with Gasteiger partial charge >= 0.3 is 23.9 Å². The number of hydrogen-bond acceptors (Lipinski definition) is 4. The van der Waals surface area contributed by atoms with E-state index in [1.165, 1.54) is 48.5 Å². The number of carbonyl (C=O) groups is 4. The third-order valence-corrected chi connectivity index (χ3v) is 5.57. The van der Waals surface area contributed by atoms with E-state index < -0.39 is 23.9 Å². The standard InChI is InChI=1S/2C16H12O4/c2*17-15(18)13-7-3-11(4-8-13)1-2-12-5-9-14(10-6-12)16(19)20/h2*1-10H,(H,17,18)(H,19,20). The molecule has 0 aromatic heterocycles. The lowest BCUT2D eigenvalue weighted by molar-refractivity contribution is 0.0686. The molecule has 0 radical (unpaired) electrons. The molecule has 8 heteroatoms. The molecule has 0 spiro atoms. The molecule has 0 atom stereocenters. The number of aromatic carboxylic acids is 4. The maximum atomic E-state index is 10.7. The van der Waals surface area contributed by atoms with Crippen molar-refractivity contribution in [1.29, 1.82) is 0 Å². The van der Waals surface area contributed by atoms with E-state index in [1.807, 2.05) is 24.3 Å². The molecule has 8 nitrogen and oxygen atoms in total. The Bertz CT molecular complexity index is 1310. The summed E-state index contributed by atoms with van der Waals surface area (Å²) in [7, 11) is 0. The zero-order valence-corrected chi connectivity index (χ0v) is 21.0. The van der Waals surface area contributed by atoms with Crippen molar-refractivity contribution < 1.29 is 39.6 Å². The van der Waals surface area contributed by atoms with Crippen molar-refractivity contribution in [3.05, 3.63) is 142 Å². The van der Waals surface area contributed by atoms with Crippen LogP contribution in [-0.2, 0) is 0 Å². The van der Waals surface area contributed by atoms with Gasteiger partial charge in [-0.3, -0.25) is 0 Å². The monoisotopic (exact) mass is 536 g/mol. The van der Waals surface area contributed by atoms with Gasteiger partial charge in [0.05, 0.1) is 22.3 Å². The van der Waals surface area contributed by atoms with Crippen LogP contribution < -0.4 is 0 Å². The molecular formula is C32H24O8. The fourth-order valence-electron chi connectivity index (χ4n) is 3.33. The van der Waals surface area contributed by atoms with Crippen molar-refractivity contribution in [3.8, 4) is 0 Å². The third kappa shape index (κ3) is 8.67. The lowest BCUT2D eigenvalue weighted by atomic mass is 10.1. The fourth-order valence-corrected chi connectivity index (χ4v) is 3.33. The lowest BCUT2D eigenvalue weighted by Gasteiger charge is -1.97. The molecule has 0 amide bonds. The number of rotatable bonds is 8. The van der Waals surface area contributed by atoms with Crippen LogP contribution in [0.15, 0.2) is 97.1 Å². The Morgan fingerprint density at radius 2 is 0.475 bits per heavy atom. The van der Waals surface area contributed by atoms with Crippen molar-refractivity contribution in [3.63, 3.8) is 0 Å². The number of carboxylic acids is 4. The molecular weight excluding hydrogens is 512 g/mol. The molecule has 0 saturated carbocycles. The van der Waals surface area contributed by atoms with Crippen molar-refractivity contribution in [2.45, 2.75) is 0 Å². The Morgan fingerprint density at radius 1 is 0.325 bits per heavy atom. The van der Waals surface area contributed by atoms with Gasteiger partial charge in [-0.05, 0) is 70.8 Å². The summed E-state index contributed by atoms with van der Waals surface area (Å²) in [5.41, 5.74) is 4.46. The fraction of sp³-hybridized carbons (Fsp3) is 0. The van der Waals surface area contributed by atoms with Crippen LogP contribution in [0.2, 0.25) is 0 Å². The molecule has 4 rings (SSSR count). The molecule has 40 heavy (non-hydrogen) atoms. The highest BCUT2D eigenvalue weighted by molar-refractivity contribution is 5.90. The van der Waals surface area contributed by atoms with E-state index in [2.05, 4.69) is 0 Å². The highest BCUT2D eigenvalue weighted by Crippen LogP contribution is 2.13. The molecule has 0 unspecified atom stereocenters. The SMILES string of the molecule is O=C(O)c1ccc(C=Cc2ccc(C(=O)O)cc2)cc1.O=C(O)c1ccc(C=Cc2ccc(C(=O)O)cc2)cc1. The topological polar surface area (TPSA) is 149 Å². The number of hydrogen-bond donors (Lipinski definition) is 4. The molecule has 200 valence electrons. The molecule has 0 aliphatic carbocycles. The molecule has 0 aliphatic heterocycles. The highest BCUT2D eigenvalue weighted by atomic mass is 16.4. The minimum atomic E-state index is -0.954. The van der Waals surface area contributed by atoms with Crippen molar-refractivity contribution in [2.24, 2.45) is 0 Å². The molecule has 0 heterocycles. The summed E-state index contributed by atoms with van der Waals surface area (Å²) in [6.07, 6.45) is 7.34. The third-order valence-electron chi connectivity index (χ3n) is 5.57. The molecule has 0 saturated heterocycles. The lowest BCUT2D eigenvalue weighted by Crippen LogP contribution is -1.95. The summed E-state index contributed by atoms with van der Waals surface area (Å²) < 4.78 is 0. The van der Waals surface area contributed by atoms with Crippen LogP contribution >= 0.6 is 0 Å². The van der Waals surface area contributed by atoms with Crippen molar-refractivity contribution in [2.75, 3.05) is 0 Å². The molecule has 4 aromatic rings. The van der Waals surface area contributed by atoms with E-state index in [9.17, 15) is 19.2 Å². The van der Waals surface area contributed by atoms with Gasteiger partial charge in [0.1, 0.15) is 0 Å². The van der Waals surface area contributed by atoms with Gasteiger partial charge in [-0.25, -0.2) is 19.2 Å². The molecule has 4 aromatic carbocycles. The van der Waals surface area contributed by atoms with Crippen molar-refractivity contribution >= 4 is 48.2 Å². The molecule has 0 aliphatic rings. The van der Waals surface area contributed by atoms with E-state index in [0.717, 1.165) is 22.3 Å². The van der Waals surface area contributed by atoms with Crippen LogP contribution in [0.1, 0.15) is 63.7 Å². The van der Waals surface area contributed by atoms with Crippen LogP contribution in [-0.4, -0.2) is 44.3 Å². The van der Waals surface area contributed by atoms with Crippen molar-refractivity contribution in [1.82, 2.24) is 0 Å². The van der Waals surface area contributed by atoms with Crippen LogP contribution in [0.3, 0.4) is 0 Å². The first-order valence-corrected chi connectivity index (χ1v) is 11.8. The first-order chi connectivity index (χ1) is 19.1. The van der Waals surface area contributed by atoms with E-state index in [4.69, 9.17) is 20.4 Å². The predicted octanol–water partition coefficient (Wildman–Crippen LogP) is 6.51. The Hall–Kier alpha value is -5.76. The zero-order valence-electron chi connectivity index (χ0n) is 21.0. The van der Waals surface area contributed by atoms with Gasteiger partial charge in [-0.1, -0.05) is 72.8 Å². The van der Waals surface area contributed by atoms with E-state index in [1.54, 1.807) is 48.5 Å². The predicted molar refractivity (Wildman–Crippen MR) is 151 cm³/mol. The van der Waals surface area contributed by atoms with Crippen LogP contribution in [0, 0.1) is 0 Å². The molecule has 0 fully saturated rings. The second-order valence-electron chi connectivity index (χ2n) is 8.38. The maximum Gasteiger partial charge on any atom is 0.335 e. The molecule has 0 bridgehead atoms. The summed E-state index contributed by atoms with van der Waals surface area (Å²) >= 11 is 0. The van der Waals surface area contributed by atoms with Crippen LogP contribution in [0.25, 0.3) is 24.3 Å². The Balaban J connectivity index is 0.000000220. The first-order valence-electron chi connectivity index (χ1n) is 11.8. The average Bonchev–Trinajstić information content (AvgIpc) is 2.96. The minimum absolute atomic E-state index is 0.243. The van der Waals surface area contributed by atoms with Crippen LogP contribution in [0.4, 0.5) is 0 Å². The van der Waals surface area contributed by atoms with E-state index in [0.29, 0.717) is 0 Å². The normalized spacial score (nSPS) is 10.6. The van der Waals surface area contributed by atoms with Gasteiger partial charge in [0.2, 0.25) is 0 Å². The quantitative estimate of drug-likeness (QED) is 0.186. The van der Waals surface area contributed by atoms with Gasteiger partial charge in [-0.2, -0.15) is 0 Å². The summed E-state index contributed by atoms with van der Waals surface area (Å²) in [5.74, 6) is -3.82. The first kappa shape index (κ1) is 28.8. The number of benzene rings is 4. The van der Waals surface area contributed by atoms with Gasteiger partial charge < -0.3 is 20.4 Å². The Morgan fingerprint density at radius 3 is 0.600 bits per heavy atom. The van der Waals surface area contributed by atoms with E-state index in [-0.39, 0.29) is 22.3 Å². The molecule has 4 N–H and O–H groups in total. The van der Waals surface area contributed by atoms with Gasteiger partial charge in [0.25, 0.3) is 0 Å². The summed E-state index contributed by atoms with van der Waals surface area (Å²) in [4.78, 5) is 42.9. The van der Waals surface area contributed by atoms with Crippen LogP contribution in [0.5, 0.6) is 0 Å². The Labute approximate surface area is 229 Å². The van der Waals surface area contributed by atoms with Gasteiger partial charge in [0, 0.05) is 0 Å². The maximum absolute atomic E-state index is 10.7. The highest BCUT2D eigenvalue weighted by Gasteiger charge is 2.03. The minimum Gasteiger partial charge on any atom is -0.478 e. The summed E-state index contributed by atoms with van der Waals surface area (Å²) in [6.45, 7) is 0. The zero-order chi connectivity index (χ0) is 29.1. The Kier molecular flexibility index (Phi) is 9.86. The number of carboxylic acid groups (broad SMARTS) is 4. The smallest absolute Gasteiger partial charge is 0.335 e. The second kappa shape index (κ2) is 13.7.